The number of aliphatic hydroxyl groups excluding tert-OH is 4. The number of hydrogen-bond donors (Lipinski definition) is 15. The first-order valence-electron chi connectivity index (χ1n) is 30.2. The average Bonchev–Trinajstić information content (AvgIpc) is 4.03. The van der Waals surface area contributed by atoms with E-state index in [0.717, 1.165) is 24.2 Å². The summed E-state index contributed by atoms with van der Waals surface area (Å²) in [5.74, 6) is -11.9. The van der Waals surface area contributed by atoms with E-state index in [4.69, 9.17) is 5.73 Å². The van der Waals surface area contributed by atoms with Gasteiger partial charge in [0.25, 0.3) is 0 Å². The van der Waals surface area contributed by atoms with Crippen molar-refractivity contribution in [3.05, 3.63) is 71.8 Å². The molecule has 1 aliphatic heterocycles. The maximum Gasteiger partial charge on any atom is 0.326 e. The summed E-state index contributed by atoms with van der Waals surface area (Å²) in [6.45, 7) is 8.57. The van der Waals surface area contributed by atoms with Gasteiger partial charge < -0.3 is 83.8 Å². The maximum atomic E-state index is 14.4. The molecule has 1 aliphatic rings. The molecule has 16 N–H and O–H groups in total. The summed E-state index contributed by atoms with van der Waals surface area (Å²) >= 11 is 0. The number of likely N-dealkylation sites (tertiary alicyclic amines) is 1. The third kappa shape index (κ3) is 26.4. The molecule has 1 heterocycles. The zero-order chi connectivity index (χ0) is 65.6. The maximum absolute atomic E-state index is 14.4. The molecule has 2 aromatic carbocycles. The van der Waals surface area contributed by atoms with Gasteiger partial charge in [-0.05, 0) is 67.5 Å². The highest BCUT2D eigenvalue weighted by Crippen LogP contribution is 2.22. The minimum absolute atomic E-state index is 0.00663. The number of amides is 9. The van der Waals surface area contributed by atoms with E-state index in [2.05, 4.69) is 56.4 Å². The van der Waals surface area contributed by atoms with Crippen molar-refractivity contribution in [2.45, 2.75) is 198 Å². The number of rotatable bonds is 40. The Labute approximate surface area is 513 Å². The fraction of sp³-hybridized carbons (Fsp3) is 0.623. The Morgan fingerprint density at radius 3 is 1.50 bits per heavy atom. The fourth-order valence-electron chi connectivity index (χ4n) is 9.90. The third-order valence-corrected chi connectivity index (χ3v) is 14.7. The van der Waals surface area contributed by atoms with Crippen molar-refractivity contribution in [1.29, 1.82) is 0 Å². The largest absolute Gasteiger partial charge is 0.481 e. The molecule has 1 saturated heterocycles. The van der Waals surface area contributed by atoms with Gasteiger partial charge >= 0.3 is 11.9 Å². The number of carbonyl (C=O) groups is 11. The summed E-state index contributed by atoms with van der Waals surface area (Å²) < 4.78 is 0. The van der Waals surface area contributed by atoms with E-state index >= 15 is 0 Å². The van der Waals surface area contributed by atoms with Gasteiger partial charge in [0.2, 0.25) is 53.2 Å². The normalized spacial score (nSPS) is 17.0. The SMILES string of the molecule is CC(C)CCCCCC(O)CC(=O)N[C@H](CC(=O)O)C(=O)N[C@@H](Cc1ccccc1)C(=O)N[C@@H](CO)C(=O)N[C@@H](C(=O)N1C[C@H](O)C[C@H]1C(=O)N[C@@H](CO)C(=O)N[C@H](CC(C)C)C(=O)N[C@@H](Cc1ccccc1)C(=O)N[C@@H](CCCCN)C(=O)O)C(C)C. The molecule has 9 amide bonds. The first-order valence-corrected chi connectivity index (χ1v) is 30.2. The third-order valence-electron chi connectivity index (χ3n) is 14.7. The number of aliphatic hydroxyl groups is 4. The van der Waals surface area contributed by atoms with Gasteiger partial charge in [0.05, 0.1) is 38.3 Å². The van der Waals surface area contributed by atoms with Gasteiger partial charge in [0.15, 0.2) is 0 Å². The van der Waals surface area contributed by atoms with Crippen molar-refractivity contribution >= 4 is 65.1 Å². The number of hydrogen-bond acceptors (Lipinski definition) is 16. The minimum Gasteiger partial charge on any atom is -0.481 e. The number of carboxylic acid groups (broad SMARTS) is 2. The second-order valence-electron chi connectivity index (χ2n) is 23.6. The molecule has 2 aromatic rings. The number of carboxylic acids is 2. The van der Waals surface area contributed by atoms with Crippen LogP contribution in [0.2, 0.25) is 0 Å². The van der Waals surface area contributed by atoms with Gasteiger partial charge in [0.1, 0.15) is 54.4 Å². The number of aliphatic carboxylic acids is 2. The molecule has 11 atom stereocenters. The van der Waals surface area contributed by atoms with Crippen molar-refractivity contribution in [2.75, 3.05) is 26.3 Å². The predicted molar refractivity (Wildman–Crippen MR) is 322 cm³/mol. The molecule has 490 valence electrons. The molecule has 88 heavy (non-hydrogen) atoms. The van der Waals surface area contributed by atoms with E-state index in [-0.39, 0.29) is 38.0 Å². The van der Waals surface area contributed by atoms with Gasteiger partial charge in [0, 0.05) is 25.8 Å². The number of nitrogens with zero attached hydrogens (tertiary/aromatic N) is 1. The Morgan fingerprint density at radius 2 is 1.00 bits per heavy atom. The van der Waals surface area contributed by atoms with Crippen LogP contribution in [-0.4, -0.2) is 194 Å². The summed E-state index contributed by atoms with van der Waals surface area (Å²) in [6, 6.07) is 3.02. The van der Waals surface area contributed by atoms with Crippen LogP contribution in [0.15, 0.2) is 60.7 Å². The van der Waals surface area contributed by atoms with Crippen LogP contribution in [0.4, 0.5) is 0 Å². The second kappa shape index (κ2) is 38.6. The Balaban J connectivity index is 1.78. The van der Waals surface area contributed by atoms with Gasteiger partial charge in [-0.15, -0.1) is 0 Å². The smallest absolute Gasteiger partial charge is 0.326 e. The number of unbranched alkanes of at least 4 members (excludes halogenated alkanes) is 3. The fourth-order valence-corrected chi connectivity index (χ4v) is 9.90. The molecule has 0 bridgehead atoms. The van der Waals surface area contributed by atoms with Crippen LogP contribution < -0.4 is 48.3 Å². The summed E-state index contributed by atoms with van der Waals surface area (Å²) in [5.41, 5.74) is 6.69. The summed E-state index contributed by atoms with van der Waals surface area (Å²) in [4.78, 5) is 150. The van der Waals surface area contributed by atoms with Crippen LogP contribution in [0.25, 0.3) is 0 Å². The molecule has 27 heteroatoms. The van der Waals surface area contributed by atoms with Gasteiger partial charge in [-0.3, -0.25) is 47.9 Å². The Morgan fingerprint density at radius 1 is 0.534 bits per heavy atom. The van der Waals surface area contributed by atoms with Gasteiger partial charge in [-0.2, -0.15) is 0 Å². The number of benzene rings is 2. The lowest BCUT2D eigenvalue weighted by molar-refractivity contribution is -0.144. The summed E-state index contributed by atoms with van der Waals surface area (Å²) in [7, 11) is 0. The molecule has 0 radical (unpaired) electrons. The molecule has 0 aromatic heterocycles. The standard InChI is InChI=1S/C61H94N10O17/c1-35(2)18-10-7-15-23-40(74)30-50(76)63-46(31-51(77)78)56(82)67-45(28-39-21-13-9-14-22-39)55(81)68-48(34-73)58(84)70-52(37(5)6)60(86)71-32-41(75)29-49(71)59(85)69-47(33-72)57(83)65-43(26-36(3)4)53(79)66-44(27-38-19-11-8-12-20-38)54(80)64-42(61(87)88)24-16-17-25-62/h8-9,11-14,19-22,35-37,40-49,52,72-75H,7,10,15-18,23-34,62H2,1-6H3,(H,63,76)(H,64,80)(H,65,83)(H,66,79)(H,67,82)(H,68,81)(H,69,85)(H,70,84)(H,77,78)(H,87,88)/t40?,41-,42+,43-,44+,45+,46-,47+,48+,49+,52-/m1/s1. The average molecular weight is 1240 g/mol. The number of nitrogens with two attached hydrogens (primary N) is 1. The lowest BCUT2D eigenvalue weighted by atomic mass is 10.00. The molecule has 27 nitrogen and oxygen atoms in total. The van der Waals surface area contributed by atoms with Crippen LogP contribution in [-0.2, 0) is 65.6 Å². The Kier molecular flexibility index (Phi) is 32.8. The van der Waals surface area contributed by atoms with Crippen LogP contribution in [0, 0.1) is 17.8 Å². The molecular weight excluding hydrogens is 1140 g/mol. The zero-order valence-electron chi connectivity index (χ0n) is 51.3. The van der Waals surface area contributed by atoms with Crippen molar-refractivity contribution in [3.8, 4) is 0 Å². The van der Waals surface area contributed by atoms with Crippen LogP contribution in [0.5, 0.6) is 0 Å². The van der Waals surface area contributed by atoms with Crippen molar-refractivity contribution in [1.82, 2.24) is 47.4 Å². The predicted octanol–water partition coefficient (Wildman–Crippen LogP) is -0.956. The van der Waals surface area contributed by atoms with E-state index in [1.54, 1.807) is 74.5 Å². The Hall–Kier alpha value is -7.59. The van der Waals surface area contributed by atoms with E-state index in [1.165, 1.54) is 13.8 Å². The summed E-state index contributed by atoms with van der Waals surface area (Å²) in [5, 5.41) is 81.6. The first-order chi connectivity index (χ1) is 41.7. The number of β-amino-alcohol motifs (C(OH)–C–C–N with tert-alkyl or cyclic N) is 1. The lowest BCUT2D eigenvalue weighted by Crippen LogP contribution is -2.62. The van der Waals surface area contributed by atoms with E-state index in [0.29, 0.717) is 49.3 Å². The van der Waals surface area contributed by atoms with Crippen LogP contribution >= 0.6 is 0 Å². The van der Waals surface area contributed by atoms with E-state index in [1.807, 2.05) is 0 Å². The first kappa shape index (κ1) is 74.7. The molecule has 1 unspecified atom stereocenters. The molecule has 1 fully saturated rings. The van der Waals surface area contributed by atoms with Crippen molar-refractivity contribution in [2.24, 2.45) is 23.5 Å². The monoisotopic (exact) mass is 1240 g/mol. The van der Waals surface area contributed by atoms with E-state index < -0.39 is 170 Å². The van der Waals surface area contributed by atoms with Crippen molar-refractivity contribution in [3.63, 3.8) is 0 Å². The number of carbonyl (C=O) groups excluding carboxylic acids is 9. The van der Waals surface area contributed by atoms with Crippen LogP contribution in [0.3, 0.4) is 0 Å². The van der Waals surface area contributed by atoms with Crippen LogP contribution in [0.1, 0.15) is 130 Å². The van der Waals surface area contributed by atoms with Crippen molar-refractivity contribution < 1.29 is 83.4 Å². The van der Waals surface area contributed by atoms with E-state index in [9.17, 15) is 83.4 Å². The zero-order valence-corrected chi connectivity index (χ0v) is 51.3. The summed E-state index contributed by atoms with van der Waals surface area (Å²) in [6.07, 6.45) is 0.350. The molecular formula is C61H94N10O17. The molecule has 0 saturated carbocycles. The highest BCUT2D eigenvalue weighted by molar-refractivity contribution is 5.99. The molecule has 0 aliphatic carbocycles. The molecule has 0 spiro atoms. The second-order valence-corrected chi connectivity index (χ2v) is 23.6. The topological polar surface area (TPSA) is 435 Å². The number of nitrogens with one attached hydrogen (secondary N) is 8. The van der Waals surface area contributed by atoms with Gasteiger partial charge in [-0.1, -0.05) is 128 Å². The quantitative estimate of drug-likeness (QED) is 0.0358. The highest BCUT2D eigenvalue weighted by Gasteiger charge is 2.44. The molecule has 3 rings (SSSR count). The lowest BCUT2D eigenvalue weighted by Gasteiger charge is -2.32. The van der Waals surface area contributed by atoms with Gasteiger partial charge in [-0.25, -0.2) is 4.79 Å². The highest BCUT2D eigenvalue weighted by atomic mass is 16.4. The Bertz CT molecular complexity index is 2600. The minimum atomic E-state index is -1.79.